The van der Waals surface area contributed by atoms with E-state index in [1.165, 1.54) is 5.56 Å². The zero-order valence-electron chi connectivity index (χ0n) is 24.9. The molecule has 7 nitrogen and oxygen atoms in total. The normalized spacial score (nSPS) is 20.1. The van der Waals surface area contributed by atoms with Gasteiger partial charge in [-0.25, -0.2) is 4.79 Å². The average molecular weight is 571 g/mol. The van der Waals surface area contributed by atoms with Crippen LogP contribution < -0.4 is 10.1 Å². The number of carbonyl (C=O) groups is 2. The molecule has 222 valence electrons. The molecule has 1 aliphatic carbocycles. The maximum absolute atomic E-state index is 12.8. The van der Waals surface area contributed by atoms with Gasteiger partial charge in [-0.2, -0.15) is 0 Å². The Morgan fingerprint density at radius 3 is 2.24 bits per heavy atom. The quantitative estimate of drug-likeness (QED) is 0.266. The van der Waals surface area contributed by atoms with E-state index in [1.54, 1.807) is 0 Å². The predicted molar refractivity (Wildman–Crippen MR) is 165 cm³/mol. The topological polar surface area (TPSA) is 77.1 Å². The molecule has 0 bridgehead atoms. The van der Waals surface area contributed by atoms with Gasteiger partial charge in [-0.3, -0.25) is 10.1 Å². The summed E-state index contributed by atoms with van der Waals surface area (Å²) in [5.74, 6) is 1.65. The van der Waals surface area contributed by atoms with Gasteiger partial charge in [0.25, 0.3) is 0 Å². The van der Waals surface area contributed by atoms with E-state index >= 15 is 0 Å². The van der Waals surface area contributed by atoms with Gasteiger partial charge in [0.2, 0.25) is 0 Å². The van der Waals surface area contributed by atoms with Crippen molar-refractivity contribution < 1.29 is 23.8 Å². The van der Waals surface area contributed by atoms with Crippen molar-refractivity contribution in [3.63, 3.8) is 0 Å². The van der Waals surface area contributed by atoms with Crippen molar-refractivity contribution in [2.75, 3.05) is 31.6 Å². The Bertz CT molecular complexity index is 1320. The van der Waals surface area contributed by atoms with Gasteiger partial charge < -0.3 is 19.1 Å². The van der Waals surface area contributed by atoms with Crippen LogP contribution in [-0.2, 0) is 20.7 Å². The first-order valence-electron chi connectivity index (χ1n) is 15.0. The zero-order chi connectivity index (χ0) is 29.5. The highest BCUT2D eigenvalue weighted by Crippen LogP contribution is 2.39. The van der Waals surface area contributed by atoms with Crippen LogP contribution in [0.15, 0.2) is 78.9 Å². The standard InChI is InChI=1S/C35H42N2O5/c1-35(2,3)42-33(38)18-20-40-29-15-13-25(14-16-29)17-19-37-23-27-21-30(22-28(27)24-37)41-34(39)36-32-12-8-7-11-31(32)26-9-5-4-6-10-26/h4-16,27-28,30H,17-24H2,1-3H3,(H,36,39). The lowest BCUT2D eigenvalue weighted by Crippen LogP contribution is -2.27. The Labute approximate surface area is 249 Å². The molecule has 3 aromatic rings. The second kappa shape index (κ2) is 13.4. The third-order valence-electron chi connectivity index (χ3n) is 7.94. The fraction of sp³-hybridized carbons (Fsp3) is 0.429. The summed E-state index contributed by atoms with van der Waals surface area (Å²) in [5, 5.41) is 2.98. The van der Waals surface area contributed by atoms with Crippen LogP contribution in [0.1, 0.15) is 45.6 Å². The number of rotatable bonds is 10. The Morgan fingerprint density at radius 1 is 0.881 bits per heavy atom. The van der Waals surface area contributed by atoms with E-state index in [4.69, 9.17) is 14.2 Å². The largest absolute Gasteiger partial charge is 0.493 e. The zero-order valence-corrected chi connectivity index (χ0v) is 24.9. The molecule has 1 N–H and O–H groups in total. The van der Waals surface area contributed by atoms with Crippen molar-refractivity contribution in [3.8, 4) is 16.9 Å². The molecule has 2 aliphatic rings. The molecule has 0 radical (unpaired) electrons. The molecule has 5 rings (SSSR count). The van der Waals surface area contributed by atoms with E-state index in [1.807, 2.05) is 87.5 Å². The Kier molecular flexibility index (Phi) is 9.48. The smallest absolute Gasteiger partial charge is 0.411 e. The molecule has 42 heavy (non-hydrogen) atoms. The van der Waals surface area contributed by atoms with Crippen LogP contribution >= 0.6 is 0 Å². The summed E-state index contributed by atoms with van der Waals surface area (Å²) in [6.45, 7) is 8.99. The Hall–Kier alpha value is -3.84. The summed E-state index contributed by atoms with van der Waals surface area (Å²) < 4.78 is 16.9. The average Bonchev–Trinajstić information content (AvgIpc) is 3.50. The maximum Gasteiger partial charge on any atom is 0.411 e. The molecule has 3 aromatic carbocycles. The number of esters is 1. The number of hydrogen-bond donors (Lipinski definition) is 1. The second-order valence-corrected chi connectivity index (χ2v) is 12.4. The first-order valence-corrected chi connectivity index (χ1v) is 15.0. The molecule has 2 atom stereocenters. The monoisotopic (exact) mass is 570 g/mol. The van der Waals surface area contributed by atoms with Gasteiger partial charge >= 0.3 is 12.1 Å². The number of amides is 1. The fourth-order valence-corrected chi connectivity index (χ4v) is 6.06. The number of carbonyl (C=O) groups excluding carboxylic acids is 2. The first kappa shape index (κ1) is 29.6. The summed E-state index contributed by atoms with van der Waals surface area (Å²) in [6, 6.07) is 26.0. The molecule has 2 unspecified atom stereocenters. The van der Waals surface area contributed by atoms with Crippen molar-refractivity contribution >= 4 is 17.7 Å². The summed E-state index contributed by atoms with van der Waals surface area (Å²) in [5.41, 5.74) is 3.59. The van der Waals surface area contributed by atoms with Crippen LogP contribution in [0, 0.1) is 11.8 Å². The number of likely N-dealkylation sites (tertiary alicyclic amines) is 1. The van der Waals surface area contributed by atoms with Gasteiger partial charge in [0.05, 0.1) is 18.7 Å². The van der Waals surface area contributed by atoms with E-state index < -0.39 is 5.60 Å². The van der Waals surface area contributed by atoms with Gasteiger partial charge in [-0.1, -0.05) is 60.7 Å². The summed E-state index contributed by atoms with van der Waals surface area (Å²) in [4.78, 5) is 27.2. The minimum Gasteiger partial charge on any atom is -0.493 e. The second-order valence-electron chi connectivity index (χ2n) is 12.4. The molecule has 1 saturated carbocycles. The highest BCUT2D eigenvalue weighted by Gasteiger charge is 2.42. The molecule has 0 spiro atoms. The van der Waals surface area contributed by atoms with Crippen molar-refractivity contribution in [1.82, 2.24) is 4.90 Å². The van der Waals surface area contributed by atoms with Crippen LogP contribution in [-0.4, -0.2) is 54.9 Å². The predicted octanol–water partition coefficient (Wildman–Crippen LogP) is 6.97. The molecule has 0 aromatic heterocycles. The van der Waals surface area contributed by atoms with E-state index in [0.29, 0.717) is 18.4 Å². The number of nitrogens with zero attached hydrogens (tertiary/aromatic N) is 1. The molecular weight excluding hydrogens is 528 g/mol. The Balaban J connectivity index is 1.01. The summed E-state index contributed by atoms with van der Waals surface area (Å²) in [6.07, 6.45) is 2.64. The fourth-order valence-electron chi connectivity index (χ4n) is 6.06. The van der Waals surface area contributed by atoms with Crippen LogP contribution in [0.3, 0.4) is 0 Å². The molecule has 2 fully saturated rings. The number of fused-ring (bicyclic) bond motifs is 1. The lowest BCUT2D eigenvalue weighted by atomic mass is 10.0. The molecular formula is C35H42N2O5. The van der Waals surface area contributed by atoms with Crippen LogP contribution in [0.4, 0.5) is 10.5 Å². The van der Waals surface area contributed by atoms with E-state index in [0.717, 1.165) is 61.5 Å². The van der Waals surface area contributed by atoms with Gasteiger partial charge in [0, 0.05) is 25.2 Å². The third-order valence-corrected chi connectivity index (χ3v) is 7.94. The Morgan fingerprint density at radius 2 is 1.55 bits per heavy atom. The third kappa shape index (κ3) is 8.35. The van der Waals surface area contributed by atoms with Gasteiger partial charge in [0.15, 0.2) is 0 Å². The van der Waals surface area contributed by atoms with Crippen LogP contribution in [0.2, 0.25) is 0 Å². The minimum absolute atomic E-state index is 0.0334. The van der Waals surface area contributed by atoms with E-state index in [9.17, 15) is 9.59 Å². The van der Waals surface area contributed by atoms with Crippen molar-refractivity contribution in [2.45, 2.75) is 58.2 Å². The van der Waals surface area contributed by atoms with Gasteiger partial charge in [-0.15, -0.1) is 0 Å². The van der Waals surface area contributed by atoms with E-state index in [2.05, 4.69) is 22.3 Å². The molecule has 1 saturated heterocycles. The van der Waals surface area contributed by atoms with Crippen molar-refractivity contribution in [1.29, 1.82) is 0 Å². The maximum atomic E-state index is 12.8. The number of benzene rings is 3. The van der Waals surface area contributed by atoms with E-state index in [-0.39, 0.29) is 24.6 Å². The number of anilines is 1. The number of ether oxygens (including phenoxy) is 3. The van der Waals surface area contributed by atoms with Crippen molar-refractivity contribution in [2.24, 2.45) is 11.8 Å². The molecule has 1 amide bonds. The molecule has 1 aliphatic heterocycles. The summed E-state index contributed by atoms with van der Waals surface area (Å²) in [7, 11) is 0. The number of hydrogen-bond acceptors (Lipinski definition) is 6. The highest BCUT2D eigenvalue weighted by molar-refractivity contribution is 5.91. The SMILES string of the molecule is CC(C)(C)OC(=O)CCOc1ccc(CCN2CC3CC(OC(=O)Nc4ccccc4-c4ccccc4)CC3C2)cc1. The molecule has 7 heteroatoms. The molecule has 1 heterocycles. The number of nitrogens with one attached hydrogen (secondary N) is 1. The van der Waals surface area contributed by atoms with Crippen LogP contribution in [0.25, 0.3) is 11.1 Å². The van der Waals surface area contributed by atoms with Gasteiger partial charge in [0.1, 0.15) is 17.5 Å². The lowest BCUT2D eigenvalue weighted by molar-refractivity contribution is -0.155. The minimum atomic E-state index is -0.477. The van der Waals surface area contributed by atoms with Crippen LogP contribution in [0.5, 0.6) is 5.75 Å². The first-order chi connectivity index (χ1) is 20.2. The highest BCUT2D eigenvalue weighted by atomic mass is 16.6. The van der Waals surface area contributed by atoms with Gasteiger partial charge in [-0.05, 0) is 81.2 Å². The summed E-state index contributed by atoms with van der Waals surface area (Å²) >= 11 is 0. The number of para-hydroxylation sites is 1. The lowest BCUT2D eigenvalue weighted by Gasteiger charge is -2.20. The van der Waals surface area contributed by atoms with Crippen molar-refractivity contribution in [3.05, 3.63) is 84.4 Å².